The molecule has 10 rings (SSSR count). The molecule has 1 nitrogen and oxygen atoms in total. The summed E-state index contributed by atoms with van der Waals surface area (Å²) < 4.78 is 6.28. The highest BCUT2D eigenvalue weighted by Crippen LogP contribution is 2.59. The Bertz CT molecular complexity index is 2560. The number of benzene rings is 7. The molecular formula is C46H31ClO. The lowest BCUT2D eigenvalue weighted by Gasteiger charge is -2.35. The van der Waals surface area contributed by atoms with Crippen molar-refractivity contribution in [2.24, 2.45) is 0 Å². The first-order valence-corrected chi connectivity index (χ1v) is 17.0. The summed E-state index contributed by atoms with van der Waals surface area (Å²) in [4.78, 5) is 0. The normalized spacial score (nSPS) is 14.9. The lowest BCUT2D eigenvalue weighted by molar-refractivity contribution is 0.656. The van der Waals surface area contributed by atoms with E-state index in [0.29, 0.717) is 5.02 Å². The predicted octanol–water partition coefficient (Wildman–Crippen LogP) is 12.6. The van der Waals surface area contributed by atoms with E-state index < -0.39 is 5.41 Å². The van der Waals surface area contributed by atoms with Crippen LogP contribution in [0.5, 0.6) is 0 Å². The zero-order valence-corrected chi connectivity index (χ0v) is 27.5. The van der Waals surface area contributed by atoms with E-state index in [9.17, 15) is 0 Å². The first-order valence-electron chi connectivity index (χ1n) is 16.6. The summed E-state index contributed by atoms with van der Waals surface area (Å²) in [5, 5.41) is 2.70. The van der Waals surface area contributed by atoms with Gasteiger partial charge in [-0.2, -0.15) is 0 Å². The fourth-order valence-electron chi connectivity index (χ4n) is 8.92. The predicted molar refractivity (Wildman–Crippen MR) is 199 cm³/mol. The number of furan rings is 1. The second-order valence-corrected chi connectivity index (χ2v) is 14.2. The highest BCUT2D eigenvalue weighted by atomic mass is 35.5. The lowest BCUT2D eigenvalue weighted by atomic mass is 9.66. The van der Waals surface area contributed by atoms with Crippen molar-refractivity contribution in [3.8, 4) is 33.4 Å². The molecule has 8 aromatic rings. The van der Waals surface area contributed by atoms with E-state index in [0.717, 1.165) is 27.5 Å². The first kappa shape index (κ1) is 27.7. The summed E-state index contributed by atoms with van der Waals surface area (Å²) in [7, 11) is 0. The molecule has 0 radical (unpaired) electrons. The van der Waals surface area contributed by atoms with Gasteiger partial charge in [0.2, 0.25) is 0 Å². The van der Waals surface area contributed by atoms with Crippen LogP contribution in [0.1, 0.15) is 47.2 Å². The fraction of sp³-hybridized carbons (Fsp3) is 0.0870. The van der Waals surface area contributed by atoms with Crippen molar-refractivity contribution in [1.82, 2.24) is 0 Å². The number of fused-ring (bicyclic) bond motifs is 9. The minimum atomic E-state index is -0.501. The standard InChI is InChI=1S/C46H31ClO/c1-45(2)36-18-9-8-17-33(36)43-34(28-23-24-41-35(25-28)44-40(47)21-12-22-42(44)48-41)26-30(27-39(43)45)46(29-13-4-3-5-14-29)37-19-10-6-15-31(37)32-16-7-11-20-38(32)46/h3-27H,1-2H3. The quantitative estimate of drug-likeness (QED) is 0.188. The zero-order chi connectivity index (χ0) is 32.2. The van der Waals surface area contributed by atoms with Gasteiger partial charge >= 0.3 is 0 Å². The summed E-state index contributed by atoms with van der Waals surface area (Å²) in [5.41, 5.74) is 16.4. The molecule has 2 aliphatic rings. The highest BCUT2D eigenvalue weighted by Gasteiger charge is 2.48. The van der Waals surface area contributed by atoms with Crippen LogP contribution >= 0.6 is 11.6 Å². The van der Waals surface area contributed by atoms with Gasteiger partial charge in [0.15, 0.2) is 0 Å². The Morgan fingerprint density at radius 2 is 1.12 bits per heavy atom. The molecule has 2 heteroatoms. The monoisotopic (exact) mass is 634 g/mol. The van der Waals surface area contributed by atoms with E-state index in [4.69, 9.17) is 16.0 Å². The van der Waals surface area contributed by atoms with Crippen LogP contribution in [0, 0.1) is 0 Å². The van der Waals surface area contributed by atoms with Crippen LogP contribution in [0.4, 0.5) is 0 Å². The van der Waals surface area contributed by atoms with Gasteiger partial charge in [-0.25, -0.2) is 0 Å². The van der Waals surface area contributed by atoms with Crippen molar-refractivity contribution < 1.29 is 4.42 Å². The van der Waals surface area contributed by atoms with Crippen LogP contribution in [-0.2, 0) is 10.8 Å². The van der Waals surface area contributed by atoms with Gasteiger partial charge in [-0.3, -0.25) is 0 Å². The maximum Gasteiger partial charge on any atom is 0.136 e. The molecule has 0 aliphatic heterocycles. The average Bonchev–Trinajstić information content (AvgIpc) is 3.73. The number of rotatable bonds is 3. The molecular weight excluding hydrogens is 604 g/mol. The van der Waals surface area contributed by atoms with Crippen molar-refractivity contribution in [3.63, 3.8) is 0 Å². The molecule has 2 aliphatic carbocycles. The van der Waals surface area contributed by atoms with Gasteiger partial charge in [-0.15, -0.1) is 0 Å². The van der Waals surface area contributed by atoms with Crippen LogP contribution in [-0.4, -0.2) is 0 Å². The SMILES string of the molecule is CC1(C)c2ccccc2-c2c(-c3ccc4oc5cccc(Cl)c5c4c3)cc(C3(c4ccccc4)c4ccccc4-c4ccccc43)cc21. The minimum Gasteiger partial charge on any atom is -0.456 e. The molecule has 1 aromatic heterocycles. The van der Waals surface area contributed by atoms with Crippen LogP contribution in [0.2, 0.25) is 5.02 Å². The van der Waals surface area contributed by atoms with Gasteiger partial charge in [-0.1, -0.05) is 147 Å². The van der Waals surface area contributed by atoms with Crippen LogP contribution < -0.4 is 0 Å². The Morgan fingerprint density at radius 3 is 1.85 bits per heavy atom. The lowest BCUT2D eigenvalue weighted by Crippen LogP contribution is -2.29. The van der Waals surface area contributed by atoms with E-state index >= 15 is 0 Å². The van der Waals surface area contributed by atoms with E-state index in [1.807, 2.05) is 18.2 Å². The second-order valence-electron chi connectivity index (χ2n) is 13.8. The highest BCUT2D eigenvalue weighted by molar-refractivity contribution is 6.37. The largest absolute Gasteiger partial charge is 0.456 e. The maximum absolute atomic E-state index is 6.81. The summed E-state index contributed by atoms with van der Waals surface area (Å²) in [6.07, 6.45) is 0. The van der Waals surface area contributed by atoms with Crippen molar-refractivity contribution >= 4 is 33.5 Å². The minimum absolute atomic E-state index is 0.193. The Hall–Kier alpha value is -5.37. The third-order valence-corrected chi connectivity index (χ3v) is 11.3. The number of hydrogen-bond donors (Lipinski definition) is 0. The molecule has 0 unspecified atom stereocenters. The molecule has 0 saturated heterocycles. The van der Waals surface area contributed by atoms with Gasteiger partial charge < -0.3 is 4.42 Å². The van der Waals surface area contributed by atoms with E-state index in [-0.39, 0.29) is 5.41 Å². The summed E-state index contributed by atoms with van der Waals surface area (Å²) >= 11 is 6.81. The molecule has 7 aromatic carbocycles. The number of halogens is 1. The zero-order valence-electron chi connectivity index (χ0n) is 26.7. The van der Waals surface area contributed by atoms with Crippen LogP contribution in [0.3, 0.4) is 0 Å². The molecule has 0 bridgehead atoms. The molecule has 0 fully saturated rings. The Kier molecular flexibility index (Phi) is 5.67. The maximum atomic E-state index is 6.81. The van der Waals surface area contributed by atoms with Crippen LogP contribution in [0.15, 0.2) is 156 Å². The van der Waals surface area contributed by atoms with Crippen molar-refractivity contribution in [3.05, 3.63) is 190 Å². The van der Waals surface area contributed by atoms with Crippen molar-refractivity contribution in [2.75, 3.05) is 0 Å². The van der Waals surface area contributed by atoms with E-state index in [1.165, 1.54) is 61.2 Å². The summed E-state index contributed by atoms with van der Waals surface area (Å²) in [5.74, 6) is 0. The fourth-order valence-corrected chi connectivity index (χ4v) is 9.19. The molecule has 1 heterocycles. The molecule has 0 N–H and O–H groups in total. The third kappa shape index (κ3) is 3.52. The molecule has 0 saturated carbocycles. The molecule has 228 valence electrons. The van der Waals surface area contributed by atoms with Gasteiger partial charge in [0, 0.05) is 16.2 Å². The Morgan fingerprint density at radius 1 is 0.479 bits per heavy atom. The van der Waals surface area contributed by atoms with E-state index in [1.54, 1.807) is 0 Å². The summed E-state index contributed by atoms with van der Waals surface area (Å²) in [6, 6.07) is 55.5. The summed E-state index contributed by atoms with van der Waals surface area (Å²) in [6.45, 7) is 4.76. The second kappa shape index (κ2) is 9.83. The smallest absolute Gasteiger partial charge is 0.136 e. The van der Waals surface area contributed by atoms with Crippen molar-refractivity contribution in [2.45, 2.75) is 24.7 Å². The molecule has 0 amide bonds. The average molecular weight is 635 g/mol. The Labute approximate surface area is 285 Å². The first-order chi connectivity index (χ1) is 23.5. The van der Waals surface area contributed by atoms with Gasteiger partial charge in [0.1, 0.15) is 11.2 Å². The topological polar surface area (TPSA) is 13.1 Å². The van der Waals surface area contributed by atoms with Crippen LogP contribution in [0.25, 0.3) is 55.3 Å². The van der Waals surface area contributed by atoms with Gasteiger partial charge in [0.05, 0.1) is 10.4 Å². The number of hydrogen-bond acceptors (Lipinski definition) is 1. The van der Waals surface area contributed by atoms with E-state index in [2.05, 4.69) is 147 Å². The molecule has 48 heavy (non-hydrogen) atoms. The van der Waals surface area contributed by atoms with Gasteiger partial charge in [-0.05, 0) is 97.1 Å². The van der Waals surface area contributed by atoms with Crippen molar-refractivity contribution in [1.29, 1.82) is 0 Å². The molecule has 0 atom stereocenters. The molecule has 0 spiro atoms. The Balaban J connectivity index is 1.36. The van der Waals surface area contributed by atoms with Gasteiger partial charge in [0.25, 0.3) is 0 Å². The third-order valence-electron chi connectivity index (χ3n) is 11.0.